The van der Waals surface area contributed by atoms with Gasteiger partial charge >= 0.3 is 0 Å². The Balaban J connectivity index is 1.60. The average Bonchev–Trinajstić information content (AvgIpc) is 3.13. The Hall–Kier alpha value is -3.37. The molecule has 4 heteroatoms. The number of benzene rings is 3. The van der Waals surface area contributed by atoms with Gasteiger partial charge in [0.15, 0.2) is 0 Å². The van der Waals surface area contributed by atoms with Crippen LogP contribution in [0.2, 0.25) is 0 Å². The molecular weight excluding hydrogens is 370 g/mol. The van der Waals surface area contributed by atoms with Gasteiger partial charge < -0.3 is 14.8 Å². The lowest BCUT2D eigenvalue weighted by Crippen LogP contribution is -2.32. The van der Waals surface area contributed by atoms with E-state index in [9.17, 15) is 4.79 Å². The molecule has 1 N–H and O–H groups in total. The molecule has 0 saturated heterocycles. The van der Waals surface area contributed by atoms with E-state index in [1.54, 1.807) is 0 Å². The lowest BCUT2D eigenvalue weighted by Gasteiger charge is -2.13. The summed E-state index contributed by atoms with van der Waals surface area (Å²) in [6.07, 6.45) is 0. The van der Waals surface area contributed by atoms with E-state index in [1.165, 1.54) is 16.7 Å². The van der Waals surface area contributed by atoms with Gasteiger partial charge in [0.25, 0.3) is 5.91 Å². The SMILES string of the molecule is CN(C)CCNC(=O)c1cc2ccccc2n1Cc1ccc(-c2ccccc2)cc1. The highest BCUT2D eigenvalue weighted by molar-refractivity contribution is 5.98. The monoisotopic (exact) mass is 397 g/mol. The van der Waals surface area contributed by atoms with E-state index in [0.29, 0.717) is 18.8 Å². The summed E-state index contributed by atoms with van der Waals surface area (Å²) in [5, 5.41) is 4.13. The Bertz CT molecular complexity index is 1130. The number of amides is 1. The highest BCUT2D eigenvalue weighted by Crippen LogP contribution is 2.23. The fourth-order valence-electron chi connectivity index (χ4n) is 3.67. The Labute approximate surface area is 177 Å². The number of likely N-dealkylation sites (N-methyl/N-ethyl adjacent to an activating group) is 1. The molecule has 30 heavy (non-hydrogen) atoms. The van der Waals surface area contributed by atoms with Gasteiger partial charge in [-0.25, -0.2) is 0 Å². The number of nitrogens with zero attached hydrogens (tertiary/aromatic N) is 2. The molecule has 0 saturated carbocycles. The van der Waals surface area contributed by atoms with E-state index in [-0.39, 0.29) is 5.91 Å². The van der Waals surface area contributed by atoms with Crippen LogP contribution in [-0.2, 0) is 6.54 Å². The van der Waals surface area contributed by atoms with Gasteiger partial charge in [0.2, 0.25) is 0 Å². The van der Waals surface area contributed by atoms with E-state index >= 15 is 0 Å². The second-order valence-electron chi connectivity index (χ2n) is 7.80. The summed E-state index contributed by atoms with van der Waals surface area (Å²) in [6.45, 7) is 2.09. The Morgan fingerprint density at radius 1 is 0.867 bits per heavy atom. The molecule has 0 aliphatic carbocycles. The number of aromatic nitrogens is 1. The smallest absolute Gasteiger partial charge is 0.267 e. The van der Waals surface area contributed by atoms with E-state index in [2.05, 4.69) is 75.4 Å². The quantitative estimate of drug-likeness (QED) is 0.493. The van der Waals surface area contributed by atoms with Crippen LogP contribution in [0.1, 0.15) is 16.1 Å². The van der Waals surface area contributed by atoms with Gasteiger partial charge in [-0.15, -0.1) is 0 Å². The minimum atomic E-state index is -0.0334. The summed E-state index contributed by atoms with van der Waals surface area (Å²) < 4.78 is 2.11. The normalized spacial score (nSPS) is 11.2. The first-order chi connectivity index (χ1) is 14.6. The van der Waals surface area contributed by atoms with Crippen molar-refractivity contribution >= 4 is 16.8 Å². The third kappa shape index (κ3) is 4.44. The topological polar surface area (TPSA) is 37.3 Å². The Morgan fingerprint density at radius 2 is 1.53 bits per heavy atom. The number of hydrogen-bond donors (Lipinski definition) is 1. The van der Waals surface area contributed by atoms with Crippen molar-refractivity contribution in [2.24, 2.45) is 0 Å². The van der Waals surface area contributed by atoms with Crippen molar-refractivity contribution < 1.29 is 4.79 Å². The molecule has 0 unspecified atom stereocenters. The zero-order valence-electron chi connectivity index (χ0n) is 17.5. The minimum absolute atomic E-state index is 0.0334. The molecule has 0 aliphatic heterocycles. The third-order valence-electron chi connectivity index (χ3n) is 5.29. The van der Waals surface area contributed by atoms with Crippen LogP contribution in [0.4, 0.5) is 0 Å². The van der Waals surface area contributed by atoms with E-state index in [4.69, 9.17) is 0 Å². The summed E-state index contributed by atoms with van der Waals surface area (Å²) in [7, 11) is 4.00. The van der Waals surface area contributed by atoms with Crippen LogP contribution >= 0.6 is 0 Å². The van der Waals surface area contributed by atoms with Gasteiger partial charge in [-0.1, -0.05) is 72.8 Å². The largest absolute Gasteiger partial charge is 0.349 e. The van der Waals surface area contributed by atoms with Crippen molar-refractivity contribution in [1.82, 2.24) is 14.8 Å². The van der Waals surface area contributed by atoms with Gasteiger partial charge in [0, 0.05) is 30.5 Å². The molecule has 4 rings (SSSR count). The molecule has 1 heterocycles. The zero-order valence-corrected chi connectivity index (χ0v) is 17.5. The number of fused-ring (bicyclic) bond motifs is 1. The van der Waals surface area contributed by atoms with Gasteiger partial charge in [-0.3, -0.25) is 4.79 Å². The Morgan fingerprint density at radius 3 is 2.27 bits per heavy atom. The molecule has 4 aromatic rings. The number of rotatable bonds is 7. The van der Waals surface area contributed by atoms with Crippen LogP contribution in [-0.4, -0.2) is 42.6 Å². The molecule has 0 fully saturated rings. The summed E-state index contributed by atoms with van der Waals surface area (Å²) in [5.74, 6) is -0.0334. The number of para-hydroxylation sites is 1. The molecule has 0 bridgehead atoms. The van der Waals surface area contributed by atoms with Crippen LogP contribution < -0.4 is 5.32 Å². The number of hydrogen-bond acceptors (Lipinski definition) is 2. The molecule has 152 valence electrons. The fourth-order valence-corrected chi connectivity index (χ4v) is 3.67. The second-order valence-corrected chi connectivity index (χ2v) is 7.80. The fraction of sp³-hybridized carbons (Fsp3) is 0.192. The first kappa shape index (κ1) is 19.9. The van der Waals surface area contributed by atoms with Crippen molar-refractivity contribution in [3.63, 3.8) is 0 Å². The summed E-state index contributed by atoms with van der Waals surface area (Å²) in [4.78, 5) is 15.0. The van der Waals surface area contributed by atoms with Gasteiger partial charge in [-0.2, -0.15) is 0 Å². The zero-order chi connectivity index (χ0) is 20.9. The predicted octanol–water partition coefficient (Wildman–Crippen LogP) is 4.65. The maximum absolute atomic E-state index is 12.9. The summed E-state index contributed by atoms with van der Waals surface area (Å²) >= 11 is 0. The lowest BCUT2D eigenvalue weighted by atomic mass is 10.0. The van der Waals surface area contributed by atoms with Crippen LogP contribution in [0.15, 0.2) is 84.9 Å². The number of nitrogens with one attached hydrogen (secondary N) is 1. The predicted molar refractivity (Wildman–Crippen MR) is 124 cm³/mol. The van der Waals surface area contributed by atoms with Gasteiger partial charge in [0.1, 0.15) is 5.69 Å². The van der Waals surface area contributed by atoms with Crippen LogP contribution in [0.3, 0.4) is 0 Å². The summed E-state index contributed by atoms with van der Waals surface area (Å²) in [5.41, 5.74) is 5.33. The van der Waals surface area contributed by atoms with Crippen molar-refractivity contribution in [3.8, 4) is 11.1 Å². The van der Waals surface area contributed by atoms with Crippen LogP contribution in [0.25, 0.3) is 22.0 Å². The maximum Gasteiger partial charge on any atom is 0.267 e. The number of carbonyl (C=O) groups excluding carboxylic acids is 1. The molecule has 1 aromatic heterocycles. The van der Waals surface area contributed by atoms with Crippen molar-refractivity contribution in [1.29, 1.82) is 0 Å². The molecule has 0 aliphatic rings. The minimum Gasteiger partial charge on any atom is -0.349 e. The second kappa shape index (κ2) is 8.97. The highest BCUT2D eigenvalue weighted by Gasteiger charge is 2.15. The first-order valence-electron chi connectivity index (χ1n) is 10.3. The molecule has 0 spiro atoms. The van der Waals surface area contributed by atoms with E-state index in [1.807, 2.05) is 38.4 Å². The van der Waals surface area contributed by atoms with E-state index < -0.39 is 0 Å². The van der Waals surface area contributed by atoms with Crippen LogP contribution in [0.5, 0.6) is 0 Å². The molecule has 0 atom stereocenters. The lowest BCUT2D eigenvalue weighted by molar-refractivity contribution is 0.0942. The van der Waals surface area contributed by atoms with E-state index in [0.717, 1.165) is 17.4 Å². The Kier molecular flexibility index (Phi) is 5.96. The van der Waals surface area contributed by atoms with Crippen LogP contribution in [0, 0.1) is 0 Å². The molecule has 4 nitrogen and oxygen atoms in total. The molecule has 3 aromatic carbocycles. The average molecular weight is 398 g/mol. The first-order valence-corrected chi connectivity index (χ1v) is 10.3. The van der Waals surface area contributed by atoms with Crippen molar-refractivity contribution in [2.75, 3.05) is 27.2 Å². The van der Waals surface area contributed by atoms with Crippen molar-refractivity contribution in [2.45, 2.75) is 6.54 Å². The highest BCUT2D eigenvalue weighted by atomic mass is 16.1. The third-order valence-corrected chi connectivity index (χ3v) is 5.29. The summed E-state index contributed by atoms with van der Waals surface area (Å²) in [6, 6.07) is 29.1. The van der Waals surface area contributed by atoms with Gasteiger partial charge in [-0.05, 0) is 42.9 Å². The van der Waals surface area contributed by atoms with Crippen molar-refractivity contribution in [3.05, 3.63) is 96.2 Å². The maximum atomic E-state index is 12.9. The number of carbonyl (C=O) groups is 1. The standard InChI is InChI=1S/C26H27N3O/c1-28(2)17-16-27-26(30)25-18-23-10-6-7-11-24(23)29(25)19-20-12-14-22(15-13-20)21-8-4-3-5-9-21/h3-15,18H,16-17,19H2,1-2H3,(H,27,30). The molecule has 0 radical (unpaired) electrons. The molecular formula is C26H27N3O. The van der Waals surface area contributed by atoms with Gasteiger partial charge in [0.05, 0.1) is 0 Å². The molecule has 1 amide bonds.